The van der Waals surface area contributed by atoms with Crippen LogP contribution in [0.2, 0.25) is 0 Å². The minimum absolute atomic E-state index is 0.295. The minimum Gasteiger partial charge on any atom is -0.444 e. The van der Waals surface area contributed by atoms with Crippen molar-refractivity contribution in [2.24, 2.45) is 5.18 Å². The number of benzene rings is 1. The third kappa shape index (κ3) is 5.47. The molecule has 5 heteroatoms. The van der Waals surface area contributed by atoms with Gasteiger partial charge >= 0.3 is 6.09 Å². The van der Waals surface area contributed by atoms with Crippen molar-refractivity contribution in [1.82, 2.24) is 4.90 Å². The van der Waals surface area contributed by atoms with Crippen LogP contribution in [-0.2, 0) is 11.2 Å². The lowest BCUT2D eigenvalue weighted by Crippen LogP contribution is -2.38. The van der Waals surface area contributed by atoms with Crippen LogP contribution in [0.5, 0.6) is 0 Å². The van der Waals surface area contributed by atoms with Crippen LogP contribution in [0.15, 0.2) is 23.4 Å². The van der Waals surface area contributed by atoms with Gasteiger partial charge in [-0.3, -0.25) is 0 Å². The van der Waals surface area contributed by atoms with Gasteiger partial charge < -0.3 is 9.64 Å². The van der Waals surface area contributed by atoms with Crippen LogP contribution in [0.3, 0.4) is 0 Å². The Morgan fingerprint density at radius 2 is 1.95 bits per heavy atom. The molecule has 1 rings (SSSR count). The van der Waals surface area contributed by atoms with Crippen molar-refractivity contribution in [3.63, 3.8) is 0 Å². The molecule has 1 aromatic rings. The summed E-state index contributed by atoms with van der Waals surface area (Å²) in [4.78, 5) is 24.7. The van der Waals surface area contributed by atoms with Gasteiger partial charge in [-0.25, -0.2) is 4.79 Å². The fourth-order valence-corrected chi connectivity index (χ4v) is 2.19. The van der Waals surface area contributed by atoms with Crippen molar-refractivity contribution in [3.8, 4) is 0 Å². The fraction of sp³-hybridized carbons (Fsp3) is 0.588. The molecule has 122 valence electrons. The van der Waals surface area contributed by atoms with E-state index in [0.717, 1.165) is 17.5 Å². The van der Waals surface area contributed by atoms with E-state index >= 15 is 0 Å². The zero-order valence-corrected chi connectivity index (χ0v) is 14.2. The molecule has 0 aliphatic carbocycles. The Hall–Kier alpha value is -1.91. The molecule has 0 aromatic heterocycles. The summed E-state index contributed by atoms with van der Waals surface area (Å²) in [5.74, 6) is 0. The summed E-state index contributed by atoms with van der Waals surface area (Å²) in [5, 5.41) is 3.02. The highest BCUT2D eigenvalue weighted by Gasteiger charge is 2.21. The van der Waals surface area contributed by atoms with Gasteiger partial charge in [0.05, 0.1) is 0 Å². The molecule has 22 heavy (non-hydrogen) atoms. The standard InChI is InChI=1S/C17H26N2O3/c1-6-11-19(16(20)22-17(3,4)5)12-10-14-8-7-9-15(18-21)13(14)2/h7-9H,6,10-12H2,1-5H3. The zero-order chi connectivity index (χ0) is 16.8. The van der Waals surface area contributed by atoms with Gasteiger partial charge in [0.1, 0.15) is 11.3 Å². The molecular weight excluding hydrogens is 280 g/mol. The van der Waals surface area contributed by atoms with Crippen LogP contribution in [0.1, 0.15) is 45.2 Å². The summed E-state index contributed by atoms with van der Waals surface area (Å²) in [7, 11) is 0. The van der Waals surface area contributed by atoms with E-state index in [0.29, 0.717) is 25.2 Å². The van der Waals surface area contributed by atoms with Crippen LogP contribution in [0, 0.1) is 11.8 Å². The summed E-state index contributed by atoms with van der Waals surface area (Å²) in [6.45, 7) is 10.7. The maximum Gasteiger partial charge on any atom is 0.410 e. The first-order valence-corrected chi connectivity index (χ1v) is 7.68. The van der Waals surface area contributed by atoms with Gasteiger partial charge in [-0.15, -0.1) is 4.91 Å². The topological polar surface area (TPSA) is 59.0 Å². The molecule has 0 saturated carbocycles. The van der Waals surface area contributed by atoms with Crippen LogP contribution >= 0.6 is 0 Å². The molecule has 0 spiro atoms. The molecule has 0 radical (unpaired) electrons. The maximum absolute atomic E-state index is 12.2. The molecule has 0 unspecified atom stereocenters. The third-order valence-corrected chi connectivity index (χ3v) is 3.31. The summed E-state index contributed by atoms with van der Waals surface area (Å²) in [5.41, 5.74) is 1.86. The number of carbonyl (C=O) groups excluding carboxylic acids is 1. The number of ether oxygens (including phenoxy) is 1. The molecule has 1 amide bonds. The monoisotopic (exact) mass is 306 g/mol. The van der Waals surface area contributed by atoms with E-state index < -0.39 is 5.60 Å². The van der Waals surface area contributed by atoms with Gasteiger partial charge in [-0.05, 0) is 62.9 Å². The summed E-state index contributed by atoms with van der Waals surface area (Å²) in [6, 6.07) is 5.48. The van der Waals surface area contributed by atoms with Crippen molar-refractivity contribution in [2.45, 2.75) is 53.1 Å². The van der Waals surface area contributed by atoms with E-state index in [4.69, 9.17) is 4.74 Å². The SMILES string of the molecule is CCCN(CCc1cccc(N=O)c1C)C(=O)OC(C)(C)C. The lowest BCUT2D eigenvalue weighted by atomic mass is 10.0. The minimum atomic E-state index is -0.500. The Kier molecular flexibility index (Phi) is 6.53. The van der Waals surface area contributed by atoms with E-state index in [1.807, 2.05) is 46.8 Å². The molecule has 0 N–H and O–H groups in total. The van der Waals surface area contributed by atoms with Crippen LogP contribution in [0.4, 0.5) is 10.5 Å². The Morgan fingerprint density at radius 1 is 1.27 bits per heavy atom. The Labute approximate surface area is 132 Å². The number of nitroso groups, excluding NO2 is 1. The second kappa shape index (κ2) is 7.92. The summed E-state index contributed by atoms with van der Waals surface area (Å²) < 4.78 is 5.43. The van der Waals surface area contributed by atoms with E-state index in [2.05, 4.69) is 5.18 Å². The Bertz CT molecular complexity index is 521. The number of nitrogens with zero attached hydrogens (tertiary/aromatic N) is 2. The highest BCUT2D eigenvalue weighted by Crippen LogP contribution is 2.22. The average Bonchev–Trinajstić information content (AvgIpc) is 2.42. The molecule has 0 atom stereocenters. The second-order valence-electron chi connectivity index (χ2n) is 6.37. The molecule has 1 aromatic carbocycles. The van der Waals surface area contributed by atoms with Crippen molar-refractivity contribution >= 4 is 11.8 Å². The molecule has 0 heterocycles. The molecular formula is C17H26N2O3. The number of hydrogen-bond donors (Lipinski definition) is 0. The predicted molar refractivity (Wildman–Crippen MR) is 88.4 cm³/mol. The Morgan fingerprint density at radius 3 is 2.50 bits per heavy atom. The molecule has 0 aliphatic heterocycles. The van der Waals surface area contributed by atoms with Crippen molar-refractivity contribution < 1.29 is 9.53 Å². The van der Waals surface area contributed by atoms with Gasteiger partial charge in [0, 0.05) is 13.1 Å². The number of rotatable bonds is 6. The quantitative estimate of drug-likeness (QED) is 0.723. The zero-order valence-electron chi connectivity index (χ0n) is 14.2. The second-order valence-corrected chi connectivity index (χ2v) is 6.37. The fourth-order valence-electron chi connectivity index (χ4n) is 2.19. The normalized spacial score (nSPS) is 11.1. The number of amides is 1. The van der Waals surface area contributed by atoms with E-state index in [1.165, 1.54) is 0 Å². The smallest absolute Gasteiger partial charge is 0.410 e. The lowest BCUT2D eigenvalue weighted by Gasteiger charge is -2.27. The average molecular weight is 306 g/mol. The molecule has 0 bridgehead atoms. The predicted octanol–water partition coefficient (Wildman–Crippen LogP) is 4.58. The molecule has 5 nitrogen and oxygen atoms in total. The van der Waals surface area contributed by atoms with E-state index in [1.54, 1.807) is 11.0 Å². The highest BCUT2D eigenvalue weighted by atomic mass is 16.6. The van der Waals surface area contributed by atoms with Crippen LogP contribution < -0.4 is 0 Å². The van der Waals surface area contributed by atoms with Gasteiger partial charge in [0.25, 0.3) is 0 Å². The lowest BCUT2D eigenvalue weighted by molar-refractivity contribution is 0.0252. The highest BCUT2D eigenvalue weighted by molar-refractivity contribution is 5.68. The van der Waals surface area contributed by atoms with Gasteiger partial charge in [0.15, 0.2) is 0 Å². The van der Waals surface area contributed by atoms with Crippen LogP contribution in [0.25, 0.3) is 0 Å². The van der Waals surface area contributed by atoms with E-state index in [9.17, 15) is 9.70 Å². The summed E-state index contributed by atoms with van der Waals surface area (Å²) >= 11 is 0. The van der Waals surface area contributed by atoms with Crippen molar-refractivity contribution in [2.75, 3.05) is 13.1 Å². The van der Waals surface area contributed by atoms with Crippen molar-refractivity contribution in [1.29, 1.82) is 0 Å². The largest absolute Gasteiger partial charge is 0.444 e. The molecule has 0 fully saturated rings. The van der Waals surface area contributed by atoms with E-state index in [-0.39, 0.29) is 6.09 Å². The Balaban J connectivity index is 2.76. The first-order valence-electron chi connectivity index (χ1n) is 7.68. The molecule has 0 aliphatic rings. The number of hydrogen-bond acceptors (Lipinski definition) is 4. The van der Waals surface area contributed by atoms with Gasteiger partial charge in [0.2, 0.25) is 0 Å². The van der Waals surface area contributed by atoms with Gasteiger partial charge in [-0.1, -0.05) is 19.1 Å². The van der Waals surface area contributed by atoms with Crippen LogP contribution in [-0.4, -0.2) is 29.7 Å². The first kappa shape index (κ1) is 18.1. The third-order valence-electron chi connectivity index (χ3n) is 3.31. The maximum atomic E-state index is 12.2. The summed E-state index contributed by atoms with van der Waals surface area (Å²) in [6.07, 6.45) is 1.25. The van der Waals surface area contributed by atoms with Gasteiger partial charge in [-0.2, -0.15) is 0 Å². The molecule has 0 saturated heterocycles. The first-order chi connectivity index (χ1) is 10.3. The van der Waals surface area contributed by atoms with Crippen molar-refractivity contribution in [3.05, 3.63) is 34.2 Å². The number of carbonyl (C=O) groups is 1.